The van der Waals surface area contributed by atoms with Crippen molar-refractivity contribution in [2.75, 3.05) is 0 Å². The van der Waals surface area contributed by atoms with E-state index < -0.39 is 0 Å². The molecule has 2 heterocycles. The molecule has 0 aliphatic heterocycles. The number of hydrogen-bond acceptors (Lipinski definition) is 3. The number of aryl methyl sites for hydroxylation is 1. The molecule has 18 heavy (non-hydrogen) atoms. The van der Waals surface area contributed by atoms with Crippen molar-refractivity contribution in [3.05, 3.63) is 57.7 Å². The first-order chi connectivity index (χ1) is 8.66. The van der Waals surface area contributed by atoms with E-state index in [4.69, 9.17) is 10.2 Å². The van der Waals surface area contributed by atoms with E-state index in [-0.39, 0.29) is 17.4 Å². The lowest BCUT2D eigenvalue weighted by Gasteiger charge is -2.07. The molecule has 1 atom stereocenters. The van der Waals surface area contributed by atoms with Gasteiger partial charge < -0.3 is 10.2 Å². The van der Waals surface area contributed by atoms with Gasteiger partial charge in [-0.25, -0.2) is 4.39 Å². The molecule has 3 aromatic rings. The number of para-hydroxylation sites is 1. The fraction of sp³-hybridized carbons (Fsp3) is 0.143. The van der Waals surface area contributed by atoms with Crippen LogP contribution in [0.1, 0.15) is 22.9 Å². The number of hydrogen-bond donors (Lipinski definition) is 1. The van der Waals surface area contributed by atoms with Crippen LogP contribution in [-0.2, 0) is 0 Å². The molecule has 92 valence electrons. The van der Waals surface area contributed by atoms with Crippen molar-refractivity contribution in [2.45, 2.75) is 13.0 Å². The predicted molar refractivity (Wildman–Crippen MR) is 71.3 cm³/mol. The molecule has 1 unspecified atom stereocenters. The molecule has 0 saturated carbocycles. The van der Waals surface area contributed by atoms with Crippen LogP contribution in [-0.4, -0.2) is 0 Å². The second kappa shape index (κ2) is 4.23. The first-order valence-corrected chi connectivity index (χ1v) is 6.57. The van der Waals surface area contributed by atoms with Gasteiger partial charge in [-0.05, 0) is 40.9 Å². The quantitative estimate of drug-likeness (QED) is 0.757. The Balaban J connectivity index is 2.10. The van der Waals surface area contributed by atoms with E-state index in [9.17, 15) is 4.39 Å². The van der Waals surface area contributed by atoms with Gasteiger partial charge in [0.2, 0.25) is 0 Å². The van der Waals surface area contributed by atoms with Crippen LogP contribution in [0.3, 0.4) is 0 Å². The van der Waals surface area contributed by atoms with E-state index in [1.54, 1.807) is 23.5 Å². The number of benzene rings is 1. The average molecular weight is 261 g/mol. The van der Waals surface area contributed by atoms with E-state index in [0.29, 0.717) is 5.76 Å². The fourth-order valence-electron chi connectivity index (χ4n) is 2.04. The van der Waals surface area contributed by atoms with Crippen LogP contribution in [0.25, 0.3) is 11.0 Å². The summed E-state index contributed by atoms with van der Waals surface area (Å²) in [6, 6.07) is 6.33. The fourth-order valence-corrected chi connectivity index (χ4v) is 2.93. The first-order valence-electron chi connectivity index (χ1n) is 5.63. The summed E-state index contributed by atoms with van der Waals surface area (Å²) in [5.74, 6) is 0.240. The molecule has 2 nitrogen and oxygen atoms in total. The standard InChI is InChI=1S/C14H12FNOS/c1-8-6-18-7-10(8)13(16)12-5-9-3-2-4-11(15)14(9)17-12/h2-7,13H,16H2,1H3. The monoisotopic (exact) mass is 261 g/mol. The van der Waals surface area contributed by atoms with Crippen LogP contribution >= 0.6 is 11.3 Å². The minimum absolute atomic E-state index is 0.274. The van der Waals surface area contributed by atoms with Crippen molar-refractivity contribution in [1.82, 2.24) is 0 Å². The van der Waals surface area contributed by atoms with E-state index in [0.717, 1.165) is 16.5 Å². The summed E-state index contributed by atoms with van der Waals surface area (Å²) < 4.78 is 19.1. The highest BCUT2D eigenvalue weighted by Gasteiger charge is 2.17. The smallest absolute Gasteiger partial charge is 0.169 e. The van der Waals surface area contributed by atoms with Crippen LogP contribution < -0.4 is 5.73 Å². The maximum atomic E-state index is 13.6. The molecule has 4 heteroatoms. The van der Waals surface area contributed by atoms with Crippen molar-refractivity contribution in [3.8, 4) is 0 Å². The SMILES string of the molecule is Cc1cscc1C(N)c1cc2cccc(F)c2o1. The number of nitrogens with two attached hydrogens (primary N) is 1. The number of thiophene rings is 1. The summed E-state index contributed by atoms with van der Waals surface area (Å²) in [5.41, 5.74) is 8.60. The Labute approximate surface area is 108 Å². The summed E-state index contributed by atoms with van der Waals surface area (Å²) >= 11 is 1.60. The Morgan fingerprint density at radius 3 is 2.83 bits per heavy atom. The van der Waals surface area contributed by atoms with Gasteiger partial charge in [0.05, 0.1) is 6.04 Å². The van der Waals surface area contributed by atoms with Crippen LogP contribution in [0, 0.1) is 12.7 Å². The highest BCUT2D eigenvalue weighted by molar-refractivity contribution is 7.08. The predicted octanol–water partition coefficient (Wildman–Crippen LogP) is 3.99. The average Bonchev–Trinajstić information content (AvgIpc) is 2.95. The highest BCUT2D eigenvalue weighted by Crippen LogP contribution is 2.30. The third kappa shape index (κ3) is 1.74. The number of rotatable bonds is 2. The minimum Gasteiger partial charge on any atom is -0.456 e. The van der Waals surface area contributed by atoms with Crippen molar-refractivity contribution in [3.63, 3.8) is 0 Å². The summed E-state index contributed by atoms with van der Waals surface area (Å²) in [5, 5.41) is 4.79. The zero-order chi connectivity index (χ0) is 12.7. The van der Waals surface area contributed by atoms with Gasteiger partial charge in [-0.15, -0.1) is 0 Å². The molecule has 0 aliphatic rings. The zero-order valence-corrected chi connectivity index (χ0v) is 10.6. The Morgan fingerprint density at radius 2 is 2.17 bits per heavy atom. The van der Waals surface area contributed by atoms with Crippen molar-refractivity contribution >= 4 is 22.3 Å². The maximum Gasteiger partial charge on any atom is 0.169 e. The van der Waals surface area contributed by atoms with Gasteiger partial charge in [-0.1, -0.05) is 12.1 Å². The number of furan rings is 1. The molecule has 3 rings (SSSR count). The van der Waals surface area contributed by atoms with Crippen molar-refractivity contribution < 1.29 is 8.81 Å². The topological polar surface area (TPSA) is 39.2 Å². The summed E-state index contributed by atoms with van der Waals surface area (Å²) in [7, 11) is 0. The third-order valence-electron chi connectivity index (χ3n) is 3.05. The van der Waals surface area contributed by atoms with Crippen LogP contribution in [0.15, 0.2) is 39.4 Å². The Bertz CT molecular complexity index is 701. The summed E-state index contributed by atoms with van der Waals surface area (Å²) in [4.78, 5) is 0. The zero-order valence-electron chi connectivity index (χ0n) is 9.81. The Hall–Kier alpha value is -1.65. The van der Waals surface area contributed by atoms with E-state index in [2.05, 4.69) is 0 Å². The van der Waals surface area contributed by atoms with Gasteiger partial charge in [0.1, 0.15) is 5.76 Å². The molecule has 1 aromatic carbocycles. The second-order valence-corrected chi connectivity index (χ2v) is 5.04. The molecule has 0 fully saturated rings. The lowest BCUT2D eigenvalue weighted by Crippen LogP contribution is -2.10. The summed E-state index contributed by atoms with van der Waals surface area (Å²) in [6.45, 7) is 2.01. The Morgan fingerprint density at radius 1 is 1.33 bits per heavy atom. The molecular formula is C14H12FNOS. The van der Waals surface area contributed by atoms with Gasteiger partial charge in [0.15, 0.2) is 11.4 Å². The number of fused-ring (bicyclic) bond motifs is 1. The normalized spacial score (nSPS) is 13.1. The minimum atomic E-state index is -0.354. The number of halogens is 1. The molecule has 0 aliphatic carbocycles. The Kier molecular flexibility index (Phi) is 2.69. The van der Waals surface area contributed by atoms with E-state index in [1.807, 2.05) is 23.8 Å². The van der Waals surface area contributed by atoms with Crippen molar-refractivity contribution in [1.29, 1.82) is 0 Å². The molecule has 0 spiro atoms. The van der Waals surface area contributed by atoms with E-state index >= 15 is 0 Å². The molecule has 2 aromatic heterocycles. The molecule has 2 N–H and O–H groups in total. The summed E-state index contributed by atoms with van der Waals surface area (Å²) in [6.07, 6.45) is 0. The van der Waals surface area contributed by atoms with Gasteiger partial charge in [0, 0.05) is 5.39 Å². The largest absolute Gasteiger partial charge is 0.456 e. The van der Waals surface area contributed by atoms with Crippen LogP contribution in [0.4, 0.5) is 4.39 Å². The van der Waals surface area contributed by atoms with E-state index in [1.165, 1.54) is 6.07 Å². The molecule has 0 bridgehead atoms. The molecule has 0 radical (unpaired) electrons. The van der Waals surface area contributed by atoms with Gasteiger partial charge in [-0.3, -0.25) is 0 Å². The van der Waals surface area contributed by atoms with Crippen molar-refractivity contribution in [2.24, 2.45) is 5.73 Å². The van der Waals surface area contributed by atoms with Crippen LogP contribution in [0.5, 0.6) is 0 Å². The van der Waals surface area contributed by atoms with Crippen LogP contribution in [0.2, 0.25) is 0 Å². The second-order valence-electron chi connectivity index (χ2n) is 4.29. The van der Waals surface area contributed by atoms with Gasteiger partial charge in [-0.2, -0.15) is 11.3 Å². The van der Waals surface area contributed by atoms with Gasteiger partial charge in [0.25, 0.3) is 0 Å². The highest BCUT2D eigenvalue weighted by atomic mass is 32.1. The first kappa shape index (κ1) is 11.4. The lowest BCUT2D eigenvalue weighted by atomic mass is 10.1. The lowest BCUT2D eigenvalue weighted by molar-refractivity contribution is 0.502. The van der Waals surface area contributed by atoms with Gasteiger partial charge >= 0.3 is 0 Å². The maximum absolute atomic E-state index is 13.6. The molecular weight excluding hydrogens is 249 g/mol. The molecule has 0 amide bonds. The third-order valence-corrected chi connectivity index (χ3v) is 3.93. The molecule has 0 saturated heterocycles.